The number of nitrogen functional groups attached to an aromatic ring is 1. The third-order valence-corrected chi connectivity index (χ3v) is 5.35. The van der Waals surface area contributed by atoms with E-state index in [0.29, 0.717) is 39.9 Å². The van der Waals surface area contributed by atoms with Crippen molar-refractivity contribution in [3.05, 3.63) is 90.4 Å². The first kappa shape index (κ1) is 19.2. The fourth-order valence-corrected chi connectivity index (χ4v) is 3.67. The molecule has 0 fully saturated rings. The zero-order valence-corrected chi connectivity index (χ0v) is 17.1. The Kier molecular flexibility index (Phi) is 4.84. The topological polar surface area (TPSA) is 69.6 Å². The van der Waals surface area contributed by atoms with E-state index in [-0.39, 0.29) is 0 Å². The van der Waals surface area contributed by atoms with Gasteiger partial charge in [0, 0.05) is 22.8 Å². The van der Waals surface area contributed by atoms with Crippen molar-refractivity contribution in [3.8, 4) is 28.5 Å². The molecule has 7 heteroatoms. The van der Waals surface area contributed by atoms with Crippen LogP contribution in [0.5, 0.6) is 0 Å². The maximum absolute atomic E-state index is 13.3. The molecule has 0 amide bonds. The molecule has 0 atom stereocenters. The molecule has 0 unspecified atom stereocenters. The molecule has 3 aromatic heterocycles. The summed E-state index contributed by atoms with van der Waals surface area (Å²) in [5, 5.41) is 0. The van der Waals surface area contributed by atoms with Gasteiger partial charge in [0.2, 0.25) is 0 Å². The number of imidazole rings is 1. The van der Waals surface area contributed by atoms with Crippen LogP contribution in [0, 0.1) is 5.82 Å². The highest BCUT2D eigenvalue weighted by Crippen LogP contribution is 2.32. The van der Waals surface area contributed by atoms with Crippen molar-refractivity contribution in [1.82, 2.24) is 19.5 Å². The lowest BCUT2D eigenvalue weighted by Crippen LogP contribution is -2.01. The summed E-state index contributed by atoms with van der Waals surface area (Å²) in [6.45, 7) is 0. The molecule has 5 nitrogen and oxygen atoms in total. The maximum Gasteiger partial charge on any atom is 0.165 e. The van der Waals surface area contributed by atoms with Gasteiger partial charge in [-0.3, -0.25) is 9.55 Å². The van der Waals surface area contributed by atoms with E-state index in [4.69, 9.17) is 27.3 Å². The Morgan fingerprint density at radius 3 is 2.35 bits per heavy atom. The molecule has 0 aliphatic rings. The molecule has 2 N–H and O–H groups in total. The van der Waals surface area contributed by atoms with Crippen molar-refractivity contribution in [2.75, 3.05) is 5.73 Å². The molecule has 5 aromatic rings. The second-order valence-electron chi connectivity index (χ2n) is 7.06. The fourth-order valence-electron chi connectivity index (χ4n) is 3.49. The average Bonchev–Trinajstić information content (AvgIpc) is 3.18. The molecule has 0 saturated carbocycles. The molecule has 3 heterocycles. The first-order valence-corrected chi connectivity index (χ1v) is 10.2. The summed E-state index contributed by atoms with van der Waals surface area (Å²) in [4.78, 5) is 13.8. The number of nitrogens with two attached hydrogens (primary N) is 1. The summed E-state index contributed by atoms with van der Waals surface area (Å²) in [7, 11) is 0. The van der Waals surface area contributed by atoms with Gasteiger partial charge < -0.3 is 5.73 Å². The Morgan fingerprint density at radius 1 is 0.871 bits per heavy atom. The number of hydrogen-bond acceptors (Lipinski definition) is 4. The molecule has 31 heavy (non-hydrogen) atoms. The van der Waals surface area contributed by atoms with Crippen molar-refractivity contribution >= 4 is 28.5 Å². The number of aromatic nitrogens is 4. The van der Waals surface area contributed by atoms with Crippen LogP contribution < -0.4 is 5.73 Å². The number of fused-ring (bicyclic) bond motifs is 1. The van der Waals surface area contributed by atoms with Crippen molar-refractivity contribution in [2.24, 2.45) is 0 Å². The minimum absolute atomic E-state index is 0.393. The van der Waals surface area contributed by atoms with Gasteiger partial charge in [0.1, 0.15) is 17.2 Å². The van der Waals surface area contributed by atoms with Crippen LogP contribution in [0.4, 0.5) is 10.1 Å². The van der Waals surface area contributed by atoms with Crippen molar-refractivity contribution < 1.29 is 4.39 Å². The summed E-state index contributed by atoms with van der Waals surface area (Å²) < 4.78 is 15.3. The minimum Gasteiger partial charge on any atom is -0.398 e. The SMILES string of the molecule is Nc1ccccc1-c1nc2ccc(-c3ccc(F)cn3)nc2n1-c1ccc(CCl)cc1. The minimum atomic E-state index is -0.393. The van der Waals surface area contributed by atoms with Gasteiger partial charge >= 0.3 is 0 Å². The molecule has 0 radical (unpaired) electrons. The van der Waals surface area contributed by atoms with Crippen LogP contribution in [0.1, 0.15) is 5.56 Å². The number of alkyl halides is 1. The highest BCUT2D eigenvalue weighted by atomic mass is 35.5. The zero-order chi connectivity index (χ0) is 21.4. The monoisotopic (exact) mass is 429 g/mol. The lowest BCUT2D eigenvalue weighted by molar-refractivity contribution is 0.622. The first-order valence-electron chi connectivity index (χ1n) is 9.65. The van der Waals surface area contributed by atoms with Crippen LogP contribution >= 0.6 is 11.6 Å². The molecule has 152 valence electrons. The number of para-hydroxylation sites is 1. The number of anilines is 1. The van der Waals surface area contributed by atoms with E-state index in [1.165, 1.54) is 12.3 Å². The molecule has 5 rings (SSSR count). The van der Waals surface area contributed by atoms with E-state index in [1.54, 1.807) is 6.07 Å². The summed E-state index contributed by atoms with van der Waals surface area (Å²) in [6, 6.07) is 22.2. The molecular weight excluding hydrogens is 413 g/mol. The Bertz CT molecular complexity index is 1380. The van der Waals surface area contributed by atoms with E-state index in [9.17, 15) is 4.39 Å². The van der Waals surface area contributed by atoms with Crippen LogP contribution in [0.3, 0.4) is 0 Å². The van der Waals surface area contributed by atoms with Crippen LogP contribution in [0.25, 0.3) is 39.6 Å². The number of pyridine rings is 2. The smallest absolute Gasteiger partial charge is 0.165 e. The Morgan fingerprint density at radius 2 is 1.65 bits per heavy atom. The largest absolute Gasteiger partial charge is 0.398 e. The molecule has 2 aromatic carbocycles. The van der Waals surface area contributed by atoms with Gasteiger partial charge in [-0.15, -0.1) is 11.6 Å². The Labute approximate surface area is 183 Å². The molecule has 0 saturated heterocycles. The molecule has 0 aliphatic carbocycles. The van der Waals surface area contributed by atoms with E-state index < -0.39 is 5.82 Å². The van der Waals surface area contributed by atoms with Gasteiger partial charge in [-0.25, -0.2) is 14.4 Å². The number of rotatable bonds is 4. The van der Waals surface area contributed by atoms with Crippen molar-refractivity contribution in [1.29, 1.82) is 0 Å². The number of benzene rings is 2. The summed E-state index contributed by atoms with van der Waals surface area (Å²) >= 11 is 5.97. The van der Waals surface area contributed by atoms with Gasteiger partial charge in [-0.05, 0) is 54.1 Å². The summed E-state index contributed by atoms with van der Waals surface area (Å²) in [6.07, 6.45) is 1.18. The Balaban J connectivity index is 1.77. The standard InChI is InChI=1S/C24H17ClFN5/c25-13-15-5-8-17(9-6-15)31-23(18-3-1-2-4-19(18)27)30-22-12-11-21(29-24(22)31)20-10-7-16(26)14-28-20/h1-12,14H,13,27H2. The number of nitrogens with zero attached hydrogens (tertiary/aromatic N) is 4. The van der Waals surface area contributed by atoms with Gasteiger partial charge in [0.15, 0.2) is 5.65 Å². The average molecular weight is 430 g/mol. The quantitative estimate of drug-likeness (QED) is 0.298. The predicted molar refractivity (Wildman–Crippen MR) is 121 cm³/mol. The van der Waals surface area contributed by atoms with Crippen LogP contribution in [-0.2, 0) is 5.88 Å². The second kappa shape index (κ2) is 7.81. The van der Waals surface area contributed by atoms with Gasteiger partial charge in [-0.2, -0.15) is 0 Å². The van der Waals surface area contributed by atoms with Crippen molar-refractivity contribution in [2.45, 2.75) is 5.88 Å². The highest BCUT2D eigenvalue weighted by Gasteiger charge is 2.18. The molecule has 0 spiro atoms. The summed E-state index contributed by atoms with van der Waals surface area (Å²) in [5.41, 5.74) is 12.2. The third kappa shape index (κ3) is 3.51. The van der Waals surface area contributed by atoms with Gasteiger partial charge in [-0.1, -0.05) is 24.3 Å². The third-order valence-electron chi connectivity index (χ3n) is 5.04. The number of hydrogen-bond donors (Lipinski definition) is 1. The van der Waals surface area contributed by atoms with Crippen molar-refractivity contribution in [3.63, 3.8) is 0 Å². The van der Waals surface area contributed by atoms with Gasteiger partial charge in [0.05, 0.1) is 17.6 Å². The lowest BCUT2D eigenvalue weighted by atomic mass is 10.1. The normalized spacial score (nSPS) is 11.2. The van der Waals surface area contributed by atoms with E-state index >= 15 is 0 Å². The summed E-state index contributed by atoms with van der Waals surface area (Å²) in [5.74, 6) is 0.724. The maximum atomic E-state index is 13.3. The molecular formula is C24H17ClFN5. The second-order valence-corrected chi connectivity index (χ2v) is 7.33. The molecule has 0 bridgehead atoms. The van der Waals surface area contributed by atoms with Crippen LogP contribution in [0.15, 0.2) is 79.0 Å². The number of halogens is 2. The van der Waals surface area contributed by atoms with Crippen LogP contribution in [-0.4, -0.2) is 19.5 Å². The van der Waals surface area contributed by atoms with Gasteiger partial charge in [0.25, 0.3) is 0 Å². The first-order chi connectivity index (χ1) is 15.1. The lowest BCUT2D eigenvalue weighted by Gasteiger charge is -2.11. The fraction of sp³-hybridized carbons (Fsp3) is 0.0417. The zero-order valence-electron chi connectivity index (χ0n) is 16.3. The van der Waals surface area contributed by atoms with E-state index in [1.807, 2.05) is 65.2 Å². The van der Waals surface area contributed by atoms with E-state index in [2.05, 4.69) is 4.98 Å². The van der Waals surface area contributed by atoms with Crippen LogP contribution in [0.2, 0.25) is 0 Å². The predicted octanol–water partition coefficient (Wildman–Crippen LogP) is 5.61. The Hall–Kier alpha value is -3.77. The highest BCUT2D eigenvalue weighted by molar-refractivity contribution is 6.17. The van der Waals surface area contributed by atoms with E-state index in [0.717, 1.165) is 16.8 Å². The molecule has 0 aliphatic heterocycles.